The quantitative estimate of drug-likeness (QED) is 0.208. The van der Waals surface area contributed by atoms with Crippen molar-refractivity contribution in [2.45, 2.75) is 43.2 Å². The lowest BCUT2D eigenvalue weighted by Crippen LogP contribution is -2.44. The molecule has 224 valence electrons. The van der Waals surface area contributed by atoms with Crippen LogP contribution in [0.15, 0.2) is 59.3 Å². The zero-order valence-corrected chi connectivity index (χ0v) is 24.8. The highest BCUT2D eigenvalue weighted by molar-refractivity contribution is 7.91. The number of alkyl halides is 2. The lowest BCUT2D eigenvalue weighted by atomic mass is 9.80. The number of benzene rings is 1. The molecule has 41 heavy (non-hydrogen) atoms. The highest BCUT2D eigenvalue weighted by Gasteiger charge is 2.42. The van der Waals surface area contributed by atoms with Crippen molar-refractivity contribution in [3.05, 3.63) is 70.6 Å². The molecular weight excluding hydrogens is 603 g/mol. The summed E-state index contributed by atoms with van der Waals surface area (Å²) in [4.78, 5) is 22.9. The fourth-order valence-electron chi connectivity index (χ4n) is 4.91. The number of allylic oxidation sites excluding steroid dienone is 2. The second-order valence-corrected chi connectivity index (χ2v) is 13.4. The molecule has 1 aliphatic heterocycles. The van der Waals surface area contributed by atoms with E-state index in [0.29, 0.717) is 22.2 Å². The van der Waals surface area contributed by atoms with Crippen molar-refractivity contribution < 1.29 is 40.8 Å². The van der Waals surface area contributed by atoms with Crippen LogP contribution in [0, 0.1) is 0 Å². The summed E-state index contributed by atoms with van der Waals surface area (Å²) in [5.41, 5.74) is 2.24. The standard InChI is InChI=1S/C26H31ClF2N3O7PS/c1-3-32(11-13-39-40(33,34)35)26(28,29)10-12-38-22-9-8-20(17-6-5-7-19(14-17)41(36,37)4-2)23-21-15-18(27)16-30-25(21)31-24(22)23/h5-9,14-16,23-24H,3-4,10-13H2,1-2H3,(H,30,31)(H2,33,34,35). The van der Waals surface area contributed by atoms with E-state index in [1.165, 1.54) is 13.1 Å². The number of halogens is 3. The number of hydrogen-bond acceptors (Lipinski definition) is 8. The Bertz CT molecular complexity index is 1500. The first-order chi connectivity index (χ1) is 19.3. The number of aromatic nitrogens is 1. The minimum atomic E-state index is -4.76. The Morgan fingerprint density at radius 2 is 1.95 bits per heavy atom. The van der Waals surface area contributed by atoms with Crippen molar-refractivity contribution in [3.8, 4) is 0 Å². The average Bonchev–Trinajstić information content (AvgIpc) is 3.29. The molecule has 3 N–H and O–H groups in total. The third kappa shape index (κ3) is 7.34. The SMILES string of the molecule is CCN(CCOP(=O)(O)O)C(F)(F)CCOC1=CC=C(c2cccc(S(=O)(=O)CC)c2)C2c3cc(Cl)cnc3NC12. The van der Waals surface area contributed by atoms with Crippen molar-refractivity contribution in [1.82, 2.24) is 9.88 Å². The van der Waals surface area contributed by atoms with Gasteiger partial charge >= 0.3 is 13.9 Å². The molecule has 2 aromatic rings. The van der Waals surface area contributed by atoms with Gasteiger partial charge in [0, 0.05) is 30.8 Å². The van der Waals surface area contributed by atoms with Crippen LogP contribution in [-0.2, 0) is 23.7 Å². The molecule has 0 amide bonds. The van der Waals surface area contributed by atoms with Crippen LogP contribution in [0.1, 0.15) is 37.3 Å². The lowest BCUT2D eigenvalue weighted by Gasteiger charge is -2.32. The Balaban J connectivity index is 1.56. The van der Waals surface area contributed by atoms with Crippen molar-refractivity contribution in [2.24, 2.45) is 0 Å². The van der Waals surface area contributed by atoms with Crippen molar-refractivity contribution >= 4 is 40.7 Å². The topological polar surface area (TPSA) is 138 Å². The summed E-state index contributed by atoms with van der Waals surface area (Å²) in [6.45, 7) is 1.71. The highest BCUT2D eigenvalue weighted by Crippen LogP contribution is 2.49. The van der Waals surface area contributed by atoms with Crippen LogP contribution in [0.25, 0.3) is 5.57 Å². The third-order valence-corrected chi connectivity index (χ3v) is 9.41. The number of sulfone groups is 1. The molecule has 0 saturated heterocycles. The van der Waals surface area contributed by atoms with Gasteiger partial charge in [-0.3, -0.25) is 4.52 Å². The summed E-state index contributed by atoms with van der Waals surface area (Å²) in [5, 5.41) is 3.69. The Kier molecular flexibility index (Phi) is 9.59. The van der Waals surface area contributed by atoms with E-state index in [2.05, 4.69) is 14.8 Å². The monoisotopic (exact) mass is 633 g/mol. The summed E-state index contributed by atoms with van der Waals surface area (Å²) >= 11 is 6.25. The van der Waals surface area contributed by atoms with Gasteiger partial charge in [0.1, 0.15) is 11.6 Å². The van der Waals surface area contributed by atoms with Crippen molar-refractivity contribution in [3.63, 3.8) is 0 Å². The van der Waals surface area contributed by atoms with E-state index in [4.69, 9.17) is 26.1 Å². The summed E-state index contributed by atoms with van der Waals surface area (Å²) in [6, 6.07) is 4.58. The first-order valence-electron chi connectivity index (χ1n) is 12.9. The molecule has 4 rings (SSSR count). The molecule has 2 heterocycles. The smallest absolute Gasteiger partial charge is 0.469 e. The maximum atomic E-state index is 14.9. The minimum absolute atomic E-state index is 0.0415. The molecule has 0 fully saturated rings. The van der Waals surface area contributed by atoms with Gasteiger partial charge in [-0.15, -0.1) is 0 Å². The van der Waals surface area contributed by atoms with E-state index in [1.807, 2.05) is 6.07 Å². The summed E-state index contributed by atoms with van der Waals surface area (Å²) in [5.74, 6) is 0.527. The minimum Gasteiger partial charge on any atom is -0.495 e. The van der Waals surface area contributed by atoms with Crippen LogP contribution in [0.2, 0.25) is 5.02 Å². The number of hydrogen-bond donors (Lipinski definition) is 3. The van der Waals surface area contributed by atoms with Gasteiger partial charge < -0.3 is 19.8 Å². The number of pyridine rings is 1. The van der Waals surface area contributed by atoms with Crippen LogP contribution in [-0.4, -0.2) is 72.2 Å². The first-order valence-corrected chi connectivity index (χ1v) is 16.4. The van der Waals surface area contributed by atoms with Crippen LogP contribution < -0.4 is 5.32 Å². The molecule has 0 spiro atoms. The van der Waals surface area contributed by atoms with E-state index in [-0.39, 0.29) is 36.3 Å². The molecule has 2 aliphatic rings. The van der Waals surface area contributed by atoms with Crippen molar-refractivity contribution in [2.75, 3.05) is 37.4 Å². The van der Waals surface area contributed by atoms with Crippen LogP contribution in [0.4, 0.5) is 14.6 Å². The van der Waals surface area contributed by atoms with Gasteiger partial charge in [0.2, 0.25) is 0 Å². The van der Waals surface area contributed by atoms with Crippen LogP contribution >= 0.6 is 19.4 Å². The Morgan fingerprint density at radius 1 is 1.20 bits per heavy atom. The third-order valence-electron chi connectivity index (χ3n) is 6.96. The first kappa shape index (κ1) is 31.6. The molecule has 15 heteroatoms. The Morgan fingerprint density at radius 3 is 2.63 bits per heavy atom. The Hall–Kier alpha value is -2.38. The van der Waals surface area contributed by atoms with E-state index in [0.717, 1.165) is 16.0 Å². The number of phosphoric ester groups is 1. The second-order valence-electron chi connectivity index (χ2n) is 9.48. The molecule has 2 atom stereocenters. The second kappa shape index (κ2) is 12.5. The average molecular weight is 634 g/mol. The van der Waals surface area contributed by atoms with Crippen LogP contribution in [0.3, 0.4) is 0 Å². The van der Waals surface area contributed by atoms with E-state index in [1.54, 1.807) is 43.3 Å². The largest absolute Gasteiger partial charge is 0.495 e. The van der Waals surface area contributed by atoms with Gasteiger partial charge in [-0.25, -0.2) is 22.9 Å². The number of nitrogens with zero attached hydrogens (tertiary/aromatic N) is 2. The summed E-state index contributed by atoms with van der Waals surface area (Å²) < 4.78 is 75.9. The predicted octanol–water partition coefficient (Wildman–Crippen LogP) is 4.82. The molecular formula is C26H31ClF2N3O7PS. The van der Waals surface area contributed by atoms with E-state index in [9.17, 15) is 21.8 Å². The van der Waals surface area contributed by atoms with E-state index < -0.39 is 42.8 Å². The number of phosphoric acid groups is 1. The van der Waals surface area contributed by atoms with Gasteiger partial charge in [-0.05, 0) is 35.4 Å². The molecule has 0 saturated carbocycles. The Labute approximate surface area is 242 Å². The summed E-state index contributed by atoms with van der Waals surface area (Å²) in [6.07, 6.45) is 4.25. The maximum absolute atomic E-state index is 14.9. The fraction of sp³-hybridized carbons (Fsp3) is 0.423. The summed E-state index contributed by atoms with van der Waals surface area (Å²) in [7, 11) is -8.21. The highest BCUT2D eigenvalue weighted by atomic mass is 35.5. The molecule has 10 nitrogen and oxygen atoms in total. The molecule has 2 unspecified atom stereocenters. The zero-order valence-electron chi connectivity index (χ0n) is 22.3. The predicted molar refractivity (Wildman–Crippen MR) is 150 cm³/mol. The maximum Gasteiger partial charge on any atom is 0.469 e. The fourth-order valence-corrected chi connectivity index (χ4v) is 6.32. The van der Waals surface area contributed by atoms with Gasteiger partial charge in [0.25, 0.3) is 0 Å². The van der Waals surface area contributed by atoms with Crippen LogP contribution in [0.5, 0.6) is 0 Å². The molecule has 0 radical (unpaired) electrons. The zero-order chi connectivity index (χ0) is 30.0. The molecule has 0 bridgehead atoms. The van der Waals surface area contributed by atoms with Gasteiger partial charge in [-0.1, -0.05) is 43.7 Å². The normalized spacial score (nSPS) is 18.8. The number of rotatable bonds is 13. The number of anilines is 1. The number of likely N-dealkylation sites (N-methyl/N-ethyl adjacent to an activating group) is 1. The van der Waals surface area contributed by atoms with Crippen molar-refractivity contribution in [1.29, 1.82) is 0 Å². The number of ether oxygens (including phenoxy) is 1. The van der Waals surface area contributed by atoms with Gasteiger partial charge in [0.15, 0.2) is 9.84 Å². The lowest BCUT2D eigenvalue weighted by molar-refractivity contribution is -0.159. The number of fused-ring (bicyclic) bond motifs is 3. The van der Waals surface area contributed by atoms with E-state index >= 15 is 0 Å². The molecule has 1 aromatic heterocycles. The molecule has 1 aliphatic carbocycles. The number of nitrogens with one attached hydrogen (secondary N) is 1. The van der Waals surface area contributed by atoms with Gasteiger partial charge in [0.05, 0.1) is 41.3 Å². The molecule has 1 aromatic carbocycles. The van der Waals surface area contributed by atoms with Gasteiger partial charge in [-0.2, -0.15) is 8.78 Å².